The van der Waals surface area contributed by atoms with Crippen molar-refractivity contribution in [3.05, 3.63) is 36.0 Å². The molecule has 2 aromatic rings. The van der Waals surface area contributed by atoms with Crippen molar-refractivity contribution in [3.63, 3.8) is 0 Å². The van der Waals surface area contributed by atoms with Crippen LogP contribution in [0.15, 0.2) is 30.3 Å². The molecule has 1 aromatic heterocycles. The van der Waals surface area contributed by atoms with Crippen molar-refractivity contribution in [1.82, 2.24) is 4.98 Å². The van der Waals surface area contributed by atoms with Crippen molar-refractivity contribution >= 4 is 16.6 Å². The van der Waals surface area contributed by atoms with Crippen LogP contribution in [0.5, 0.6) is 0 Å². The van der Waals surface area contributed by atoms with Crippen molar-refractivity contribution in [2.45, 2.75) is 32.9 Å². The summed E-state index contributed by atoms with van der Waals surface area (Å²) in [6.45, 7) is 5.16. The molecule has 0 spiro atoms. The summed E-state index contributed by atoms with van der Waals surface area (Å²) in [5.41, 5.74) is 2.64. The number of para-hydroxylation sites is 1. The van der Waals surface area contributed by atoms with E-state index in [1.54, 1.807) is 0 Å². The second kappa shape index (κ2) is 6.68. The highest BCUT2D eigenvalue weighted by Crippen LogP contribution is 2.28. The fourth-order valence-electron chi connectivity index (χ4n) is 2.43. The molecule has 0 fully saturated rings. The van der Waals surface area contributed by atoms with E-state index < -0.39 is 0 Å². The maximum atomic E-state index is 9.40. The van der Waals surface area contributed by atoms with Crippen LogP contribution in [0.1, 0.15) is 26.0 Å². The molecule has 0 bridgehead atoms. The first kappa shape index (κ1) is 14.8. The minimum atomic E-state index is -0.0657. The average Bonchev–Trinajstić information content (AvgIpc) is 2.46. The first-order valence-corrected chi connectivity index (χ1v) is 7.04. The molecular weight excluding hydrogens is 252 g/mol. The standard InChI is InChI=1S/C16H22N2O2/c1-12(2)18(8-5-9-19)16-10-13(11-20)17-15-7-4-3-6-14(15)16/h3-4,6-7,10,12,19-20H,5,8-9,11H2,1-2H3. The number of fused-ring (bicyclic) bond motifs is 1. The number of aliphatic hydroxyl groups excluding tert-OH is 2. The number of hydrogen-bond acceptors (Lipinski definition) is 4. The van der Waals surface area contributed by atoms with Crippen molar-refractivity contribution < 1.29 is 10.2 Å². The zero-order valence-corrected chi connectivity index (χ0v) is 12.1. The number of benzene rings is 1. The summed E-state index contributed by atoms with van der Waals surface area (Å²) in [6, 6.07) is 10.2. The van der Waals surface area contributed by atoms with Crippen LogP contribution in [-0.2, 0) is 6.61 Å². The predicted molar refractivity (Wildman–Crippen MR) is 81.9 cm³/mol. The Balaban J connectivity index is 2.53. The third-order valence-electron chi connectivity index (χ3n) is 3.40. The molecule has 1 aromatic carbocycles. The van der Waals surface area contributed by atoms with Crippen LogP contribution in [-0.4, -0.2) is 34.4 Å². The van der Waals surface area contributed by atoms with Gasteiger partial charge in [0.2, 0.25) is 0 Å². The van der Waals surface area contributed by atoms with Gasteiger partial charge in [-0.25, -0.2) is 0 Å². The molecule has 2 N–H and O–H groups in total. The molecule has 2 rings (SSSR count). The van der Waals surface area contributed by atoms with E-state index >= 15 is 0 Å². The molecule has 4 heteroatoms. The fraction of sp³-hybridized carbons (Fsp3) is 0.438. The Labute approximate surface area is 119 Å². The Kier molecular flexibility index (Phi) is 4.93. The molecule has 20 heavy (non-hydrogen) atoms. The lowest BCUT2D eigenvalue weighted by Crippen LogP contribution is -2.32. The van der Waals surface area contributed by atoms with Gasteiger partial charge in [0.1, 0.15) is 0 Å². The van der Waals surface area contributed by atoms with Crippen molar-refractivity contribution in [1.29, 1.82) is 0 Å². The Morgan fingerprint density at radius 1 is 1.20 bits per heavy atom. The summed E-state index contributed by atoms with van der Waals surface area (Å²) in [5.74, 6) is 0. The lowest BCUT2D eigenvalue weighted by atomic mass is 10.1. The largest absolute Gasteiger partial charge is 0.396 e. The molecule has 0 radical (unpaired) electrons. The summed E-state index contributed by atoms with van der Waals surface area (Å²) in [7, 11) is 0. The van der Waals surface area contributed by atoms with E-state index in [0.29, 0.717) is 11.7 Å². The van der Waals surface area contributed by atoms with Gasteiger partial charge < -0.3 is 15.1 Å². The monoisotopic (exact) mass is 274 g/mol. The van der Waals surface area contributed by atoms with E-state index in [2.05, 4.69) is 23.7 Å². The van der Waals surface area contributed by atoms with Gasteiger partial charge in [-0.15, -0.1) is 0 Å². The molecule has 1 heterocycles. The Bertz CT molecular complexity index is 569. The second-order valence-corrected chi connectivity index (χ2v) is 5.17. The lowest BCUT2D eigenvalue weighted by Gasteiger charge is -2.30. The van der Waals surface area contributed by atoms with Crippen LogP contribution in [0.4, 0.5) is 5.69 Å². The van der Waals surface area contributed by atoms with Gasteiger partial charge in [-0.1, -0.05) is 18.2 Å². The van der Waals surface area contributed by atoms with Crippen LogP contribution in [0.2, 0.25) is 0 Å². The van der Waals surface area contributed by atoms with Crippen molar-refractivity contribution in [2.24, 2.45) is 0 Å². The number of pyridine rings is 1. The first-order valence-electron chi connectivity index (χ1n) is 7.04. The fourth-order valence-corrected chi connectivity index (χ4v) is 2.43. The molecule has 0 aliphatic heterocycles. The number of rotatable bonds is 6. The second-order valence-electron chi connectivity index (χ2n) is 5.17. The van der Waals surface area contributed by atoms with Gasteiger partial charge in [0, 0.05) is 30.3 Å². The van der Waals surface area contributed by atoms with Gasteiger partial charge in [0.15, 0.2) is 0 Å². The van der Waals surface area contributed by atoms with Gasteiger partial charge in [0.25, 0.3) is 0 Å². The molecule has 108 valence electrons. The quantitative estimate of drug-likeness (QED) is 0.849. The summed E-state index contributed by atoms with van der Waals surface area (Å²) >= 11 is 0. The molecular formula is C16H22N2O2. The van der Waals surface area contributed by atoms with Gasteiger partial charge in [-0.2, -0.15) is 0 Å². The van der Waals surface area contributed by atoms with E-state index in [1.165, 1.54) is 0 Å². The van der Waals surface area contributed by atoms with Crippen LogP contribution in [0.25, 0.3) is 10.9 Å². The topological polar surface area (TPSA) is 56.6 Å². The molecule has 0 amide bonds. The van der Waals surface area contributed by atoms with E-state index in [0.717, 1.165) is 29.6 Å². The Morgan fingerprint density at radius 3 is 2.60 bits per heavy atom. The molecule has 0 atom stereocenters. The van der Waals surface area contributed by atoms with Crippen LogP contribution in [0.3, 0.4) is 0 Å². The normalized spacial score (nSPS) is 11.2. The maximum Gasteiger partial charge on any atom is 0.0854 e. The third-order valence-corrected chi connectivity index (χ3v) is 3.40. The maximum absolute atomic E-state index is 9.40. The number of nitrogens with zero attached hydrogens (tertiary/aromatic N) is 2. The first-order chi connectivity index (χ1) is 9.67. The average molecular weight is 274 g/mol. The predicted octanol–water partition coefficient (Wildman–Crippen LogP) is 2.32. The highest BCUT2D eigenvalue weighted by Gasteiger charge is 2.15. The van der Waals surface area contributed by atoms with E-state index in [-0.39, 0.29) is 13.2 Å². The zero-order chi connectivity index (χ0) is 14.5. The summed E-state index contributed by atoms with van der Waals surface area (Å²) < 4.78 is 0. The van der Waals surface area contributed by atoms with E-state index in [1.807, 2.05) is 30.3 Å². The zero-order valence-electron chi connectivity index (χ0n) is 12.1. The molecule has 0 saturated carbocycles. The van der Waals surface area contributed by atoms with Gasteiger partial charge in [-0.05, 0) is 32.4 Å². The number of aromatic nitrogens is 1. The van der Waals surface area contributed by atoms with Crippen molar-refractivity contribution in [2.75, 3.05) is 18.1 Å². The molecule has 0 aliphatic carbocycles. The summed E-state index contributed by atoms with van der Waals surface area (Å²) in [6.07, 6.45) is 0.725. The summed E-state index contributed by atoms with van der Waals surface area (Å²) in [5, 5.41) is 19.6. The smallest absolute Gasteiger partial charge is 0.0854 e. The number of aliphatic hydroxyl groups is 2. The SMILES string of the molecule is CC(C)N(CCCO)c1cc(CO)nc2ccccc12. The van der Waals surface area contributed by atoms with Crippen LogP contribution >= 0.6 is 0 Å². The van der Waals surface area contributed by atoms with Gasteiger partial charge in [-0.3, -0.25) is 4.98 Å². The summed E-state index contributed by atoms with van der Waals surface area (Å²) in [4.78, 5) is 6.70. The minimum Gasteiger partial charge on any atom is -0.396 e. The molecule has 4 nitrogen and oxygen atoms in total. The van der Waals surface area contributed by atoms with Crippen molar-refractivity contribution in [3.8, 4) is 0 Å². The lowest BCUT2D eigenvalue weighted by molar-refractivity contribution is 0.277. The highest BCUT2D eigenvalue weighted by atomic mass is 16.3. The van der Waals surface area contributed by atoms with E-state index in [9.17, 15) is 5.11 Å². The van der Waals surface area contributed by atoms with Crippen LogP contribution < -0.4 is 4.90 Å². The Morgan fingerprint density at radius 2 is 1.95 bits per heavy atom. The number of hydrogen-bond donors (Lipinski definition) is 2. The Hall–Kier alpha value is -1.65. The molecule has 0 unspecified atom stereocenters. The molecule has 0 saturated heterocycles. The van der Waals surface area contributed by atoms with Crippen LogP contribution in [0, 0.1) is 0 Å². The highest BCUT2D eigenvalue weighted by molar-refractivity contribution is 5.92. The molecule has 0 aliphatic rings. The van der Waals surface area contributed by atoms with E-state index in [4.69, 9.17) is 5.11 Å². The van der Waals surface area contributed by atoms with Gasteiger partial charge >= 0.3 is 0 Å². The van der Waals surface area contributed by atoms with Gasteiger partial charge in [0.05, 0.1) is 17.8 Å². The number of anilines is 1. The minimum absolute atomic E-state index is 0.0657. The third kappa shape index (κ3) is 3.08.